The molecule has 2 unspecified atom stereocenters. The van der Waals surface area contributed by atoms with Crippen LogP contribution >= 0.6 is 0 Å². The lowest BCUT2D eigenvalue weighted by atomic mass is 9.92. The van der Waals surface area contributed by atoms with Crippen LogP contribution in [0.2, 0.25) is 0 Å². The maximum atomic E-state index is 14.7. The van der Waals surface area contributed by atoms with E-state index in [0.29, 0.717) is 31.0 Å². The highest BCUT2D eigenvalue weighted by molar-refractivity contribution is 5.90. The summed E-state index contributed by atoms with van der Waals surface area (Å²) in [5.41, 5.74) is 7.60. The molecule has 2 saturated heterocycles. The van der Waals surface area contributed by atoms with E-state index in [1.807, 2.05) is 11.8 Å². The van der Waals surface area contributed by atoms with Crippen LogP contribution in [0.5, 0.6) is 0 Å². The molecule has 2 aliphatic heterocycles. The summed E-state index contributed by atoms with van der Waals surface area (Å²) in [6.07, 6.45) is 1.48. The average Bonchev–Trinajstić information content (AvgIpc) is 2.98. The molecule has 25 heavy (non-hydrogen) atoms. The first kappa shape index (κ1) is 17.2. The number of allylic oxidation sites excluding steroid dienone is 1. The number of nitrogens with two attached hydrogens (primary N) is 1. The van der Waals surface area contributed by atoms with Gasteiger partial charge in [0.25, 0.3) is 0 Å². The van der Waals surface area contributed by atoms with Gasteiger partial charge in [-0.05, 0) is 30.5 Å². The molecule has 0 aromatic heterocycles. The molecule has 2 fully saturated rings. The van der Waals surface area contributed by atoms with Crippen molar-refractivity contribution >= 4 is 17.5 Å². The zero-order valence-electron chi connectivity index (χ0n) is 14.1. The second kappa shape index (κ2) is 7.11. The minimum Gasteiger partial charge on any atom is -0.443 e. The zero-order chi connectivity index (χ0) is 18.0. The molecule has 7 heteroatoms. The minimum absolute atomic E-state index is 0.200. The van der Waals surface area contributed by atoms with Crippen LogP contribution < -0.4 is 15.5 Å². The van der Waals surface area contributed by atoms with Gasteiger partial charge >= 0.3 is 6.09 Å². The number of halogens is 1. The summed E-state index contributed by atoms with van der Waals surface area (Å²) in [6.45, 7) is 3.93. The van der Waals surface area contributed by atoms with E-state index in [2.05, 4.69) is 6.07 Å². The Morgan fingerprint density at radius 2 is 2.28 bits per heavy atom. The topological polar surface area (TPSA) is 82.6 Å². The Bertz CT molecular complexity index is 743. The number of amides is 1. The number of nitrogens with zero attached hydrogens (tertiary/aromatic N) is 3. The Kier molecular flexibility index (Phi) is 4.91. The van der Waals surface area contributed by atoms with Gasteiger partial charge in [0.1, 0.15) is 11.9 Å². The average molecular weight is 344 g/mol. The molecule has 0 bridgehead atoms. The van der Waals surface area contributed by atoms with Gasteiger partial charge in [-0.25, -0.2) is 9.18 Å². The number of hydrogen-bond acceptors (Lipinski definition) is 5. The third-order valence-corrected chi connectivity index (χ3v) is 4.77. The smallest absolute Gasteiger partial charge is 0.414 e. The maximum Gasteiger partial charge on any atom is 0.414 e. The number of carbonyl (C=O) groups excluding carboxylic acids is 1. The van der Waals surface area contributed by atoms with E-state index in [9.17, 15) is 9.18 Å². The van der Waals surface area contributed by atoms with E-state index in [-0.39, 0.29) is 24.4 Å². The molecular weight excluding hydrogens is 323 g/mol. The van der Waals surface area contributed by atoms with E-state index in [1.165, 1.54) is 11.0 Å². The van der Waals surface area contributed by atoms with Gasteiger partial charge in [0.2, 0.25) is 0 Å². The lowest BCUT2D eigenvalue weighted by Crippen LogP contribution is -2.36. The Morgan fingerprint density at radius 3 is 2.88 bits per heavy atom. The molecule has 6 nitrogen and oxygen atoms in total. The van der Waals surface area contributed by atoms with Crippen molar-refractivity contribution in [1.29, 1.82) is 5.26 Å². The number of ether oxygens (including phenoxy) is 1. The molecule has 1 aromatic carbocycles. The summed E-state index contributed by atoms with van der Waals surface area (Å²) in [7, 11) is 0. The van der Waals surface area contributed by atoms with Crippen LogP contribution in [0, 0.1) is 23.1 Å². The number of rotatable bonds is 3. The van der Waals surface area contributed by atoms with Gasteiger partial charge < -0.3 is 15.4 Å². The quantitative estimate of drug-likeness (QED) is 0.852. The lowest BCUT2D eigenvalue weighted by molar-refractivity contribution is 0.145. The van der Waals surface area contributed by atoms with E-state index in [4.69, 9.17) is 15.7 Å². The molecule has 0 spiro atoms. The fourth-order valence-electron chi connectivity index (χ4n) is 3.34. The molecule has 132 valence electrons. The Labute approximate surface area is 146 Å². The van der Waals surface area contributed by atoms with Crippen molar-refractivity contribution in [3.8, 4) is 6.07 Å². The normalized spacial score (nSPS) is 25.2. The Balaban J connectivity index is 1.76. The molecule has 0 radical (unpaired) electrons. The van der Waals surface area contributed by atoms with Crippen LogP contribution in [-0.2, 0) is 4.74 Å². The molecule has 2 atom stereocenters. The highest BCUT2D eigenvalue weighted by atomic mass is 19.1. The predicted octanol–water partition coefficient (Wildman–Crippen LogP) is 2.41. The molecular formula is C18H21FN4O2. The second-order valence-electron chi connectivity index (χ2n) is 6.43. The number of hydrogen-bond donors (Lipinski definition) is 1. The van der Waals surface area contributed by atoms with Crippen molar-refractivity contribution in [2.75, 3.05) is 36.0 Å². The predicted molar refractivity (Wildman–Crippen MR) is 92.8 cm³/mol. The number of benzene rings is 1. The fourth-order valence-corrected chi connectivity index (χ4v) is 3.34. The summed E-state index contributed by atoms with van der Waals surface area (Å²) in [6, 6.07) is 6.85. The monoisotopic (exact) mass is 344 g/mol. The van der Waals surface area contributed by atoms with Crippen molar-refractivity contribution in [2.45, 2.75) is 19.4 Å². The first-order valence-corrected chi connectivity index (χ1v) is 8.34. The molecule has 2 heterocycles. The van der Waals surface area contributed by atoms with E-state index in [0.717, 1.165) is 12.0 Å². The van der Waals surface area contributed by atoms with Crippen LogP contribution in [0.15, 0.2) is 29.8 Å². The van der Waals surface area contributed by atoms with Gasteiger partial charge in [0.15, 0.2) is 0 Å². The molecule has 1 aromatic rings. The molecule has 2 N–H and O–H groups in total. The van der Waals surface area contributed by atoms with Crippen LogP contribution in [0.4, 0.5) is 20.6 Å². The lowest BCUT2D eigenvalue weighted by Gasteiger charge is -2.34. The van der Waals surface area contributed by atoms with Gasteiger partial charge in [-0.2, -0.15) is 5.26 Å². The van der Waals surface area contributed by atoms with Crippen LogP contribution in [0.1, 0.15) is 13.3 Å². The van der Waals surface area contributed by atoms with E-state index in [1.54, 1.807) is 18.2 Å². The summed E-state index contributed by atoms with van der Waals surface area (Å²) in [4.78, 5) is 15.2. The first-order valence-electron chi connectivity index (χ1n) is 8.34. The van der Waals surface area contributed by atoms with Gasteiger partial charge in [-0.15, -0.1) is 0 Å². The zero-order valence-corrected chi connectivity index (χ0v) is 14.1. The van der Waals surface area contributed by atoms with Gasteiger partial charge in [0.05, 0.1) is 24.0 Å². The summed E-state index contributed by atoms with van der Waals surface area (Å²) < 4.78 is 19.8. The van der Waals surface area contributed by atoms with Crippen molar-refractivity contribution in [3.63, 3.8) is 0 Å². The van der Waals surface area contributed by atoms with Crippen molar-refractivity contribution in [2.24, 2.45) is 11.7 Å². The van der Waals surface area contributed by atoms with Crippen molar-refractivity contribution in [3.05, 3.63) is 35.7 Å². The van der Waals surface area contributed by atoms with Gasteiger partial charge in [-0.1, -0.05) is 12.5 Å². The highest BCUT2D eigenvalue weighted by Crippen LogP contribution is 2.31. The van der Waals surface area contributed by atoms with E-state index >= 15 is 0 Å². The molecule has 1 amide bonds. The summed E-state index contributed by atoms with van der Waals surface area (Å²) in [5.74, 6) is -0.173. The van der Waals surface area contributed by atoms with Crippen molar-refractivity contribution < 1.29 is 13.9 Å². The highest BCUT2D eigenvalue weighted by Gasteiger charge is 2.32. The van der Waals surface area contributed by atoms with Crippen molar-refractivity contribution in [1.82, 2.24) is 0 Å². The molecule has 3 rings (SSSR count). The molecule has 2 aliphatic rings. The minimum atomic E-state index is -0.500. The largest absolute Gasteiger partial charge is 0.443 e. The van der Waals surface area contributed by atoms with Gasteiger partial charge in [-0.3, -0.25) is 4.90 Å². The third kappa shape index (κ3) is 3.44. The maximum absolute atomic E-state index is 14.7. The standard InChI is InChI=1S/C18H21FN4O2/c1-12-10-22(7-5-13(12)4-6-20)17-3-2-14(8-16(17)19)23-11-15(9-21)25-18(23)24/h2-4,8,12,15H,5,7,9-11,21H2,1H3. The third-order valence-electron chi connectivity index (χ3n) is 4.77. The van der Waals surface area contributed by atoms with Gasteiger partial charge in [0, 0.05) is 25.7 Å². The Hall–Kier alpha value is -2.59. The number of anilines is 2. The number of cyclic esters (lactones) is 1. The number of nitriles is 1. The van der Waals surface area contributed by atoms with E-state index < -0.39 is 6.09 Å². The van der Waals surface area contributed by atoms with Crippen LogP contribution in [0.3, 0.4) is 0 Å². The molecule has 0 saturated carbocycles. The molecule has 0 aliphatic carbocycles. The SMILES string of the molecule is CC1CN(c2ccc(N3CC(CN)OC3=O)cc2F)CCC1=CC#N. The number of piperidine rings is 1. The summed E-state index contributed by atoms with van der Waals surface area (Å²) in [5, 5.41) is 8.81. The fraction of sp³-hybridized carbons (Fsp3) is 0.444. The Morgan fingerprint density at radius 1 is 1.48 bits per heavy atom. The second-order valence-corrected chi connectivity index (χ2v) is 6.43. The van der Waals surface area contributed by atoms with Crippen LogP contribution in [0.25, 0.3) is 0 Å². The summed E-state index contributed by atoms with van der Waals surface area (Å²) >= 11 is 0. The van der Waals surface area contributed by atoms with Crippen LogP contribution in [-0.4, -0.2) is 38.4 Å². The number of carbonyl (C=O) groups is 1. The first-order chi connectivity index (χ1) is 12.0.